The molecule has 2 aromatic rings. The van der Waals surface area contributed by atoms with Crippen LogP contribution in [0.5, 0.6) is 0 Å². The van der Waals surface area contributed by atoms with E-state index in [1.54, 1.807) is 31.2 Å². The summed E-state index contributed by atoms with van der Waals surface area (Å²) in [6, 6.07) is 16.3. The number of carbonyl (C=O) groups excluding carboxylic acids is 1. The van der Waals surface area contributed by atoms with E-state index in [2.05, 4.69) is 26.5 Å². The summed E-state index contributed by atoms with van der Waals surface area (Å²) in [6.45, 7) is 1.79. The van der Waals surface area contributed by atoms with Crippen LogP contribution in [0.4, 0.5) is 0 Å². The smallest absolute Gasteiger partial charge is 0.273 e. The van der Waals surface area contributed by atoms with Crippen LogP contribution in [-0.4, -0.2) is 16.7 Å². The molecule has 4 nitrogen and oxygen atoms in total. The van der Waals surface area contributed by atoms with Crippen LogP contribution in [0.25, 0.3) is 0 Å². The molecule has 5 heteroatoms. The first-order valence-electron chi connectivity index (χ1n) is 6.41. The van der Waals surface area contributed by atoms with E-state index in [1.165, 1.54) is 0 Å². The second-order valence-electron chi connectivity index (χ2n) is 4.50. The molecule has 2 aromatic carbocycles. The maximum absolute atomic E-state index is 11.9. The number of aliphatic hydroxyl groups is 1. The van der Waals surface area contributed by atoms with Gasteiger partial charge in [0.05, 0.1) is 5.71 Å². The average molecular weight is 347 g/mol. The number of hydrogen-bond acceptors (Lipinski definition) is 3. The summed E-state index contributed by atoms with van der Waals surface area (Å²) in [4.78, 5) is 11.9. The Labute approximate surface area is 131 Å². The Kier molecular flexibility index (Phi) is 5.25. The molecule has 0 bridgehead atoms. The normalized spacial score (nSPS) is 12.8. The van der Waals surface area contributed by atoms with Gasteiger partial charge in [0, 0.05) is 4.47 Å². The van der Waals surface area contributed by atoms with Crippen LogP contribution in [-0.2, 0) is 4.79 Å². The van der Waals surface area contributed by atoms with Crippen LogP contribution in [0.2, 0.25) is 0 Å². The summed E-state index contributed by atoms with van der Waals surface area (Å²) in [5.41, 5.74) is 4.46. The fraction of sp³-hybridized carbons (Fsp3) is 0.125. The fourth-order valence-corrected chi connectivity index (χ4v) is 2.16. The summed E-state index contributed by atoms with van der Waals surface area (Å²) in [6.07, 6.45) is -1.23. The first-order chi connectivity index (χ1) is 10.1. The summed E-state index contributed by atoms with van der Waals surface area (Å²) < 4.78 is 0.935. The Morgan fingerprint density at radius 2 is 1.90 bits per heavy atom. The number of hydrogen-bond donors (Lipinski definition) is 2. The lowest BCUT2D eigenvalue weighted by Gasteiger charge is -2.09. The van der Waals surface area contributed by atoms with Crippen molar-refractivity contribution in [1.29, 1.82) is 0 Å². The number of nitrogens with zero attached hydrogens (tertiary/aromatic N) is 1. The van der Waals surface area contributed by atoms with E-state index in [9.17, 15) is 9.90 Å². The van der Waals surface area contributed by atoms with E-state index in [4.69, 9.17) is 0 Å². The van der Waals surface area contributed by atoms with Gasteiger partial charge in [-0.05, 0) is 30.2 Å². The molecule has 2 N–H and O–H groups in total. The Balaban J connectivity index is 2.05. The van der Waals surface area contributed by atoms with Crippen molar-refractivity contribution in [3.63, 3.8) is 0 Å². The monoisotopic (exact) mass is 346 g/mol. The van der Waals surface area contributed by atoms with Gasteiger partial charge in [-0.15, -0.1) is 0 Å². The molecule has 0 aliphatic rings. The third-order valence-electron chi connectivity index (χ3n) is 2.94. The van der Waals surface area contributed by atoms with Gasteiger partial charge in [0.2, 0.25) is 0 Å². The number of benzene rings is 2. The zero-order valence-corrected chi connectivity index (χ0v) is 13.0. The van der Waals surface area contributed by atoms with E-state index < -0.39 is 12.0 Å². The molecule has 1 amide bonds. The van der Waals surface area contributed by atoms with Crippen molar-refractivity contribution in [2.75, 3.05) is 0 Å². The van der Waals surface area contributed by atoms with E-state index in [0.717, 1.165) is 10.0 Å². The highest BCUT2D eigenvalue weighted by Gasteiger charge is 2.16. The quantitative estimate of drug-likeness (QED) is 0.660. The van der Waals surface area contributed by atoms with Crippen LogP contribution in [0, 0.1) is 0 Å². The maximum atomic E-state index is 11.9. The molecule has 1 atom stereocenters. The molecule has 0 aromatic heterocycles. The number of hydrazone groups is 1. The topological polar surface area (TPSA) is 61.7 Å². The number of aliphatic hydroxyl groups excluding tert-OH is 1. The van der Waals surface area contributed by atoms with E-state index in [1.807, 2.05) is 30.3 Å². The van der Waals surface area contributed by atoms with Gasteiger partial charge >= 0.3 is 0 Å². The van der Waals surface area contributed by atoms with Crippen LogP contribution >= 0.6 is 15.9 Å². The van der Waals surface area contributed by atoms with Gasteiger partial charge in [-0.2, -0.15) is 5.10 Å². The van der Waals surface area contributed by atoms with E-state index >= 15 is 0 Å². The summed E-state index contributed by atoms with van der Waals surface area (Å²) in [5.74, 6) is -0.560. The number of rotatable bonds is 4. The molecule has 0 heterocycles. The van der Waals surface area contributed by atoms with Crippen molar-refractivity contribution in [1.82, 2.24) is 5.43 Å². The summed E-state index contributed by atoms with van der Waals surface area (Å²) in [7, 11) is 0. The average Bonchev–Trinajstić information content (AvgIpc) is 2.52. The van der Waals surface area contributed by atoms with Gasteiger partial charge in [-0.1, -0.05) is 58.4 Å². The molecule has 0 aliphatic carbocycles. The largest absolute Gasteiger partial charge is 0.378 e. The molecule has 0 spiro atoms. The van der Waals surface area contributed by atoms with Gasteiger partial charge in [-0.3, -0.25) is 4.79 Å². The minimum Gasteiger partial charge on any atom is -0.378 e. The molecule has 2 rings (SSSR count). The minimum atomic E-state index is -1.23. The maximum Gasteiger partial charge on any atom is 0.273 e. The van der Waals surface area contributed by atoms with Gasteiger partial charge < -0.3 is 5.11 Å². The Bertz CT molecular complexity index is 656. The van der Waals surface area contributed by atoms with Crippen LogP contribution < -0.4 is 5.43 Å². The zero-order chi connectivity index (χ0) is 15.2. The highest BCUT2D eigenvalue weighted by molar-refractivity contribution is 9.10. The lowest BCUT2D eigenvalue weighted by atomic mass is 10.1. The third-order valence-corrected chi connectivity index (χ3v) is 3.43. The van der Waals surface area contributed by atoms with Gasteiger partial charge in [0.1, 0.15) is 0 Å². The van der Waals surface area contributed by atoms with Gasteiger partial charge in [-0.25, -0.2) is 5.43 Å². The second kappa shape index (κ2) is 7.15. The van der Waals surface area contributed by atoms with Gasteiger partial charge in [0.15, 0.2) is 6.10 Å². The Hall–Kier alpha value is -1.98. The molecule has 0 radical (unpaired) electrons. The summed E-state index contributed by atoms with van der Waals surface area (Å²) in [5, 5.41) is 13.9. The summed E-state index contributed by atoms with van der Waals surface area (Å²) >= 11 is 3.38. The highest BCUT2D eigenvalue weighted by Crippen LogP contribution is 2.13. The van der Waals surface area contributed by atoms with Crippen LogP contribution in [0.1, 0.15) is 24.2 Å². The van der Waals surface area contributed by atoms with Gasteiger partial charge in [0.25, 0.3) is 5.91 Å². The van der Waals surface area contributed by atoms with E-state index in [0.29, 0.717) is 11.3 Å². The number of carbonyl (C=O) groups is 1. The SMILES string of the molecule is CC(=NNC(=O)[C@@H](O)c1ccccc1)c1cccc(Br)c1. The molecule has 108 valence electrons. The van der Waals surface area contributed by atoms with Crippen molar-refractivity contribution < 1.29 is 9.90 Å². The lowest BCUT2D eigenvalue weighted by molar-refractivity contribution is -0.129. The van der Waals surface area contributed by atoms with Crippen LogP contribution in [0.15, 0.2) is 64.2 Å². The number of halogens is 1. The fourth-order valence-electron chi connectivity index (χ4n) is 1.76. The molecule has 0 unspecified atom stereocenters. The number of amides is 1. The Morgan fingerprint density at radius 3 is 2.57 bits per heavy atom. The van der Waals surface area contributed by atoms with Crippen molar-refractivity contribution in [2.24, 2.45) is 5.10 Å². The number of nitrogens with one attached hydrogen (secondary N) is 1. The second-order valence-corrected chi connectivity index (χ2v) is 5.41. The van der Waals surface area contributed by atoms with Crippen molar-refractivity contribution in [3.8, 4) is 0 Å². The molecule has 0 aliphatic heterocycles. The molecule has 0 saturated heterocycles. The van der Waals surface area contributed by atoms with Crippen LogP contribution in [0.3, 0.4) is 0 Å². The first-order valence-corrected chi connectivity index (χ1v) is 7.20. The predicted molar refractivity (Wildman–Crippen MR) is 85.9 cm³/mol. The standard InChI is InChI=1S/C16H15BrN2O2/c1-11(13-8-5-9-14(17)10-13)18-19-16(21)15(20)12-6-3-2-4-7-12/h2-10,15,20H,1H3,(H,19,21)/t15-/m0/s1. The molecular formula is C16H15BrN2O2. The van der Waals surface area contributed by atoms with Crippen molar-refractivity contribution >= 4 is 27.5 Å². The van der Waals surface area contributed by atoms with E-state index in [-0.39, 0.29) is 0 Å². The zero-order valence-electron chi connectivity index (χ0n) is 11.5. The third kappa shape index (κ3) is 4.24. The van der Waals surface area contributed by atoms with Crippen molar-refractivity contribution in [2.45, 2.75) is 13.0 Å². The molecule has 0 saturated carbocycles. The first kappa shape index (κ1) is 15.4. The predicted octanol–water partition coefficient (Wildman–Crippen LogP) is 3.02. The molecular weight excluding hydrogens is 332 g/mol. The molecule has 21 heavy (non-hydrogen) atoms. The molecule has 0 fully saturated rings. The highest BCUT2D eigenvalue weighted by atomic mass is 79.9. The minimum absolute atomic E-state index is 0.533. The lowest BCUT2D eigenvalue weighted by Crippen LogP contribution is -2.26. The Morgan fingerprint density at radius 1 is 1.19 bits per heavy atom. The van der Waals surface area contributed by atoms with Crippen molar-refractivity contribution in [3.05, 3.63) is 70.2 Å².